The molecule has 0 amide bonds. The number of rotatable bonds is 6. The molecular formula is C27H23NO4S. The van der Waals surface area contributed by atoms with Crippen molar-refractivity contribution in [2.24, 2.45) is 4.99 Å². The highest BCUT2D eigenvalue weighted by Gasteiger charge is 2.33. The van der Waals surface area contributed by atoms with Crippen molar-refractivity contribution in [2.75, 3.05) is 13.7 Å². The summed E-state index contributed by atoms with van der Waals surface area (Å²) in [6.07, 6.45) is 1.84. The molecule has 0 saturated heterocycles. The molecular weight excluding hydrogens is 434 g/mol. The molecule has 1 N–H and O–H groups in total. The predicted molar refractivity (Wildman–Crippen MR) is 134 cm³/mol. The molecule has 3 aromatic rings. The Morgan fingerprint density at radius 3 is 2.27 bits per heavy atom. The average molecular weight is 458 g/mol. The minimum atomic E-state index is -0.599. The van der Waals surface area contributed by atoms with E-state index in [1.165, 1.54) is 11.8 Å². The van der Waals surface area contributed by atoms with Crippen LogP contribution in [0.2, 0.25) is 0 Å². The van der Waals surface area contributed by atoms with E-state index in [1.54, 1.807) is 38.3 Å². The molecule has 1 heterocycles. The molecule has 0 atom stereocenters. The van der Waals surface area contributed by atoms with E-state index >= 15 is 0 Å². The van der Waals surface area contributed by atoms with Crippen molar-refractivity contribution in [1.82, 2.24) is 0 Å². The molecule has 0 aliphatic carbocycles. The van der Waals surface area contributed by atoms with Gasteiger partial charge in [-0.15, -0.1) is 0 Å². The molecule has 6 heteroatoms. The van der Waals surface area contributed by atoms with Crippen molar-refractivity contribution >= 4 is 34.5 Å². The number of hydrogen-bond acceptors (Lipinski definition) is 6. The number of nitrogens with zero attached hydrogens (tertiary/aromatic N) is 1. The van der Waals surface area contributed by atoms with Crippen LogP contribution in [0.4, 0.5) is 5.69 Å². The van der Waals surface area contributed by atoms with Crippen LogP contribution in [0.25, 0.3) is 17.2 Å². The van der Waals surface area contributed by atoms with E-state index in [0.717, 1.165) is 16.7 Å². The van der Waals surface area contributed by atoms with Crippen molar-refractivity contribution in [3.05, 3.63) is 101 Å². The number of hydrogen-bond donors (Lipinski definition) is 1. The lowest BCUT2D eigenvalue weighted by atomic mass is 10.0. The van der Waals surface area contributed by atoms with Crippen LogP contribution >= 0.6 is 11.8 Å². The lowest BCUT2D eigenvalue weighted by molar-refractivity contribution is -0.138. The second kappa shape index (κ2) is 10.2. The Hall–Kier alpha value is -3.77. The van der Waals surface area contributed by atoms with Gasteiger partial charge in [0.25, 0.3) is 0 Å². The lowest BCUT2D eigenvalue weighted by Gasteiger charge is -2.04. The smallest absolute Gasteiger partial charge is 0.344 e. The van der Waals surface area contributed by atoms with Crippen LogP contribution in [0.5, 0.6) is 5.75 Å². The molecule has 5 nitrogen and oxygen atoms in total. The van der Waals surface area contributed by atoms with E-state index in [2.05, 4.69) is 17.1 Å². The van der Waals surface area contributed by atoms with Crippen molar-refractivity contribution in [1.29, 1.82) is 0 Å². The average Bonchev–Trinajstić information content (AvgIpc) is 3.15. The third kappa shape index (κ3) is 5.18. The van der Waals surface area contributed by atoms with Gasteiger partial charge in [-0.25, -0.2) is 9.79 Å². The molecule has 33 heavy (non-hydrogen) atoms. The van der Waals surface area contributed by atoms with Gasteiger partial charge in [-0.05, 0) is 54.0 Å². The number of aliphatic hydroxyl groups is 1. The maximum Gasteiger partial charge on any atom is 0.344 e. The first-order valence-electron chi connectivity index (χ1n) is 10.5. The van der Waals surface area contributed by atoms with Gasteiger partial charge in [-0.3, -0.25) is 0 Å². The topological polar surface area (TPSA) is 68.1 Å². The van der Waals surface area contributed by atoms with Crippen LogP contribution < -0.4 is 4.74 Å². The molecule has 0 spiro atoms. The monoisotopic (exact) mass is 457 g/mol. The van der Waals surface area contributed by atoms with Crippen LogP contribution in [-0.4, -0.2) is 29.8 Å². The first-order chi connectivity index (χ1) is 16.1. The van der Waals surface area contributed by atoms with Gasteiger partial charge >= 0.3 is 5.97 Å². The number of aliphatic hydroxyl groups excluding tert-OH is 1. The Morgan fingerprint density at radius 2 is 1.64 bits per heavy atom. The minimum Gasteiger partial charge on any atom is -0.506 e. The van der Waals surface area contributed by atoms with Gasteiger partial charge < -0.3 is 14.6 Å². The molecule has 0 aromatic heterocycles. The number of thioether (sulfide) groups is 1. The van der Waals surface area contributed by atoms with Crippen molar-refractivity contribution in [3.8, 4) is 16.9 Å². The highest BCUT2D eigenvalue weighted by molar-refractivity contribution is 8.18. The van der Waals surface area contributed by atoms with Crippen LogP contribution in [0.1, 0.15) is 12.5 Å². The second-order valence-electron chi connectivity index (χ2n) is 7.16. The summed E-state index contributed by atoms with van der Waals surface area (Å²) in [5.74, 6) is -0.0167. The van der Waals surface area contributed by atoms with Crippen LogP contribution in [0.15, 0.2) is 100 Å². The van der Waals surface area contributed by atoms with E-state index in [4.69, 9.17) is 9.47 Å². The number of carbonyl (C=O) groups excluding carboxylic acids is 1. The third-order valence-corrected chi connectivity index (χ3v) is 6.01. The van der Waals surface area contributed by atoms with Gasteiger partial charge in [-0.1, -0.05) is 66.4 Å². The highest BCUT2D eigenvalue weighted by atomic mass is 32.2. The zero-order valence-corrected chi connectivity index (χ0v) is 19.1. The Bertz CT molecular complexity index is 1230. The fourth-order valence-corrected chi connectivity index (χ4v) is 4.35. The zero-order valence-electron chi connectivity index (χ0n) is 18.3. The van der Waals surface area contributed by atoms with Crippen LogP contribution in [0, 0.1) is 0 Å². The fourth-order valence-electron chi connectivity index (χ4n) is 3.32. The van der Waals surface area contributed by atoms with Crippen molar-refractivity contribution < 1.29 is 19.4 Å². The van der Waals surface area contributed by atoms with Crippen molar-refractivity contribution in [2.45, 2.75) is 6.92 Å². The molecule has 0 fully saturated rings. The van der Waals surface area contributed by atoms with Gasteiger partial charge in [0.1, 0.15) is 22.1 Å². The van der Waals surface area contributed by atoms with E-state index in [1.807, 2.05) is 48.5 Å². The number of methoxy groups -OCH3 is 1. The van der Waals surface area contributed by atoms with Gasteiger partial charge in [0.15, 0.2) is 0 Å². The number of esters is 1. The largest absolute Gasteiger partial charge is 0.506 e. The Kier molecular flexibility index (Phi) is 6.95. The first kappa shape index (κ1) is 22.4. The highest BCUT2D eigenvalue weighted by Crippen LogP contribution is 2.40. The Labute approximate surface area is 197 Å². The molecule has 0 radical (unpaired) electrons. The normalized spacial score (nSPS) is 15.8. The van der Waals surface area contributed by atoms with E-state index in [0.29, 0.717) is 21.4 Å². The summed E-state index contributed by atoms with van der Waals surface area (Å²) in [5.41, 5.74) is 3.85. The van der Waals surface area contributed by atoms with Gasteiger partial charge in [0, 0.05) is 0 Å². The van der Waals surface area contributed by atoms with Crippen LogP contribution in [0.3, 0.4) is 0 Å². The number of carbonyl (C=O) groups is 1. The third-order valence-electron chi connectivity index (χ3n) is 4.99. The molecule has 0 bridgehead atoms. The predicted octanol–water partition coefficient (Wildman–Crippen LogP) is 6.56. The first-order valence-corrected chi connectivity index (χ1v) is 11.3. The summed E-state index contributed by atoms with van der Waals surface area (Å²) in [6, 6.07) is 25.3. The summed E-state index contributed by atoms with van der Waals surface area (Å²) in [6.45, 7) is 1.93. The SMILES string of the molecule is CCOC(=O)C1=C(O)/C(=C/c2ccc(-c3ccccc3)cc2)SC1=Nc1ccc(OC)cc1. The molecule has 1 aliphatic rings. The zero-order chi connectivity index (χ0) is 23.2. The summed E-state index contributed by atoms with van der Waals surface area (Å²) in [7, 11) is 1.59. The van der Waals surface area contributed by atoms with Gasteiger partial charge in [-0.2, -0.15) is 0 Å². The molecule has 0 saturated carbocycles. The number of ether oxygens (including phenoxy) is 2. The van der Waals surface area contributed by atoms with E-state index in [9.17, 15) is 9.90 Å². The number of aliphatic imine (C=N–C) groups is 1. The summed E-state index contributed by atoms with van der Waals surface area (Å²) >= 11 is 1.24. The summed E-state index contributed by atoms with van der Waals surface area (Å²) in [5, 5.41) is 11.3. The summed E-state index contributed by atoms with van der Waals surface area (Å²) in [4.78, 5) is 17.7. The fraction of sp³-hybridized carbons (Fsp3) is 0.111. The van der Waals surface area contributed by atoms with Gasteiger partial charge in [0.2, 0.25) is 0 Å². The maximum absolute atomic E-state index is 12.6. The second-order valence-corrected chi connectivity index (χ2v) is 8.19. The molecule has 1 aliphatic heterocycles. The number of benzene rings is 3. The minimum absolute atomic E-state index is 0.0739. The molecule has 166 valence electrons. The lowest BCUT2D eigenvalue weighted by Crippen LogP contribution is -2.12. The van der Waals surface area contributed by atoms with Crippen molar-refractivity contribution in [3.63, 3.8) is 0 Å². The quantitative estimate of drug-likeness (QED) is 0.425. The van der Waals surface area contributed by atoms with E-state index in [-0.39, 0.29) is 17.9 Å². The van der Waals surface area contributed by atoms with E-state index < -0.39 is 5.97 Å². The Morgan fingerprint density at radius 1 is 0.970 bits per heavy atom. The van der Waals surface area contributed by atoms with Gasteiger partial charge in [0.05, 0.1) is 24.3 Å². The molecule has 0 unspecified atom stereocenters. The summed E-state index contributed by atoms with van der Waals surface area (Å²) < 4.78 is 10.3. The van der Waals surface area contributed by atoms with Crippen LogP contribution in [-0.2, 0) is 9.53 Å². The standard InChI is InChI=1S/C27H23NO4S/c1-3-32-27(30)24-25(29)23(33-26(24)28-21-13-15-22(31-2)16-14-21)17-18-9-11-20(12-10-18)19-7-5-4-6-8-19/h4-17,29H,3H2,1-2H3/b23-17-,28-26?. The molecule has 3 aromatic carbocycles. The Balaban J connectivity index is 1.66. The molecule has 4 rings (SSSR count). The maximum atomic E-state index is 12.6.